The van der Waals surface area contributed by atoms with Gasteiger partial charge in [-0.3, -0.25) is 4.90 Å². The Labute approximate surface area is 169 Å². The molecule has 1 saturated heterocycles. The van der Waals surface area contributed by atoms with Crippen LogP contribution in [0.4, 0.5) is 5.69 Å². The SMILES string of the molecule is COc1ccccc1N1CCN(C(C)(C)CC2OCCc3ccccc32)CC1. The smallest absolute Gasteiger partial charge is 0.142 e. The molecule has 28 heavy (non-hydrogen) atoms. The summed E-state index contributed by atoms with van der Waals surface area (Å²) >= 11 is 0. The Morgan fingerprint density at radius 3 is 2.50 bits per heavy atom. The molecule has 0 aromatic heterocycles. The van der Waals surface area contributed by atoms with Crippen molar-refractivity contribution in [3.63, 3.8) is 0 Å². The van der Waals surface area contributed by atoms with E-state index in [2.05, 4.69) is 60.0 Å². The number of hydrogen-bond donors (Lipinski definition) is 0. The van der Waals surface area contributed by atoms with Gasteiger partial charge in [0.1, 0.15) is 5.75 Å². The van der Waals surface area contributed by atoms with Gasteiger partial charge < -0.3 is 14.4 Å². The Morgan fingerprint density at radius 2 is 1.71 bits per heavy atom. The molecule has 0 N–H and O–H groups in total. The maximum atomic E-state index is 6.20. The highest BCUT2D eigenvalue weighted by atomic mass is 16.5. The van der Waals surface area contributed by atoms with E-state index in [1.165, 1.54) is 16.8 Å². The van der Waals surface area contributed by atoms with Crippen LogP contribution in [0.25, 0.3) is 0 Å². The molecular weight excluding hydrogens is 348 g/mol. The average molecular weight is 381 g/mol. The largest absolute Gasteiger partial charge is 0.495 e. The van der Waals surface area contributed by atoms with Crippen LogP contribution >= 0.6 is 0 Å². The molecule has 2 aromatic rings. The van der Waals surface area contributed by atoms with Crippen LogP contribution in [0.15, 0.2) is 48.5 Å². The Kier molecular flexibility index (Phi) is 5.61. The lowest BCUT2D eigenvalue weighted by molar-refractivity contribution is -0.00946. The molecule has 4 heteroatoms. The zero-order valence-electron chi connectivity index (χ0n) is 17.4. The second-order valence-corrected chi connectivity index (χ2v) is 8.47. The van der Waals surface area contributed by atoms with Gasteiger partial charge in [0, 0.05) is 31.7 Å². The van der Waals surface area contributed by atoms with Crippen molar-refractivity contribution in [2.24, 2.45) is 0 Å². The Balaban J connectivity index is 1.41. The number of benzene rings is 2. The highest BCUT2D eigenvalue weighted by Gasteiger charge is 2.35. The van der Waals surface area contributed by atoms with Gasteiger partial charge in [-0.25, -0.2) is 0 Å². The number of fused-ring (bicyclic) bond motifs is 1. The van der Waals surface area contributed by atoms with E-state index in [1.807, 2.05) is 12.1 Å². The zero-order chi connectivity index (χ0) is 19.6. The van der Waals surface area contributed by atoms with Crippen molar-refractivity contribution < 1.29 is 9.47 Å². The first kappa shape index (κ1) is 19.3. The quantitative estimate of drug-likeness (QED) is 0.772. The summed E-state index contributed by atoms with van der Waals surface area (Å²) in [6, 6.07) is 17.1. The Morgan fingerprint density at radius 1 is 1.00 bits per heavy atom. The Hall–Kier alpha value is -2.04. The maximum Gasteiger partial charge on any atom is 0.142 e. The second kappa shape index (κ2) is 8.14. The number of ether oxygens (including phenoxy) is 2. The van der Waals surface area contributed by atoms with Crippen molar-refractivity contribution >= 4 is 5.69 Å². The van der Waals surface area contributed by atoms with Crippen LogP contribution in [0.1, 0.15) is 37.5 Å². The third kappa shape index (κ3) is 3.89. The standard InChI is InChI=1S/C24H32N2O2/c1-24(2,18-23-20-9-5-4-8-19(20)12-17-28-23)26-15-13-25(14-16-26)21-10-6-7-11-22(21)27-3/h4-11,23H,12-18H2,1-3H3. The van der Waals surface area contributed by atoms with E-state index in [1.54, 1.807) is 7.11 Å². The normalized spacial score (nSPS) is 20.7. The van der Waals surface area contributed by atoms with Gasteiger partial charge in [-0.15, -0.1) is 0 Å². The van der Waals surface area contributed by atoms with E-state index in [4.69, 9.17) is 9.47 Å². The van der Waals surface area contributed by atoms with Crippen molar-refractivity contribution in [1.82, 2.24) is 4.90 Å². The van der Waals surface area contributed by atoms with Crippen LogP contribution in [-0.2, 0) is 11.2 Å². The van der Waals surface area contributed by atoms with Crippen LogP contribution in [0.2, 0.25) is 0 Å². The molecule has 4 rings (SSSR count). The molecule has 0 spiro atoms. The van der Waals surface area contributed by atoms with E-state index in [-0.39, 0.29) is 11.6 Å². The van der Waals surface area contributed by atoms with Crippen LogP contribution in [-0.4, -0.2) is 50.3 Å². The summed E-state index contributed by atoms with van der Waals surface area (Å²) in [5.74, 6) is 0.961. The molecule has 2 aliphatic heterocycles. The summed E-state index contributed by atoms with van der Waals surface area (Å²) in [5.41, 5.74) is 4.14. The van der Waals surface area contributed by atoms with E-state index in [0.29, 0.717) is 0 Å². The van der Waals surface area contributed by atoms with Crippen molar-refractivity contribution in [1.29, 1.82) is 0 Å². The highest BCUT2D eigenvalue weighted by Crippen LogP contribution is 2.36. The number of piperazine rings is 1. The molecule has 1 atom stereocenters. The van der Waals surface area contributed by atoms with Gasteiger partial charge in [-0.2, -0.15) is 0 Å². The lowest BCUT2D eigenvalue weighted by Gasteiger charge is -2.46. The van der Waals surface area contributed by atoms with Crippen LogP contribution in [0.3, 0.4) is 0 Å². The van der Waals surface area contributed by atoms with E-state index in [0.717, 1.165) is 51.4 Å². The van der Waals surface area contributed by atoms with Crippen LogP contribution in [0.5, 0.6) is 5.75 Å². The predicted molar refractivity (Wildman–Crippen MR) is 114 cm³/mol. The number of hydrogen-bond acceptors (Lipinski definition) is 4. The van der Waals surface area contributed by atoms with Gasteiger partial charge in [0.05, 0.1) is 25.5 Å². The van der Waals surface area contributed by atoms with Gasteiger partial charge in [0.15, 0.2) is 0 Å². The predicted octanol–water partition coefficient (Wildman–Crippen LogP) is 4.30. The molecule has 1 fully saturated rings. The van der Waals surface area contributed by atoms with Gasteiger partial charge >= 0.3 is 0 Å². The summed E-state index contributed by atoms with van der Waals surface area (Å²) < 4.78 is 11.8. The van der Waals surface area contributed by atoms with Crippen molar-refractivity contribution in [3.05, 3.63) is 59.7 Å². The van der Waals surface area contributed by atoms with E-state index < -0.39 is 0 Å². The summed E-state index contributed by atoms with van der Waals surface area (Å²) in [6.45, 7) is 9.72. The van der Waals surface area contributed by atoms with Crippen LogP contribution < -0.4 is 9.64 Å². The summed E-state index contributed by atoms with van der Waals surface area (Å²) in [6.07, 6.45) is 2.26. The second-order valence-electron chi connectivity index (χ2n) is 8.47. The number of anilines is 1. The first-order chi connectivity index (χ1) is 13.6. The molecular formula is C24H32N2O2. The number of para-hydroxylation sites is 2. The fourth-order valence-electron chi connectivity index (χ4n) is 4.67. The number of nitrogens with zero attached hydrogens (tertiary/aromatic N) is 2. The molecule has 0 radical (unpaired) electrons. The molecule has 2 aliphatic rings. The highest BCUT2D eigenvalue weighted by molar-refractivity contribution is 5.58. The van der Waals surface area contributed by atoms with Crippen molar-refractivity contribution in [2.75, 3.05) is 44.8 Å². The number of rotatable bonds is 5. The first-order valence-corrected chi connectivity index (χ1v) is 10.4. The lowest BCUT2D eigenvalue weighted by Crippen LogP contribution is -2.55. The minimum Gasteiger partial charge on any atom is -0.495 e. The van der Waals surface area contributed by atoms with E-state index >= 15 is 0 Å². The lowest BCUT2D eigenvalue weighted by atomic mass is 9.87. The minimum absolute atomic E-state index is 0.0992. The molecule has 0 saturated carbocycles. The Bertz CT molecular complexity index is 797. The average Bonchev–Trinajstić information content (AvgIpc) is 2.74. The van der Waals surface area contributed by atoms with E-state index in [9.17, 15) is 0 Å². The summed E-state index contributed by atoms with van der Waals surface area (Å²) in [5, 5.41) is 0. The molecule has 0 amide bonds. The third-order valence-corrected chi connectivity index (χ3v) is 6.34. The molecule has 2 aromatic carbocycles. The van der Waals surface area contributed by atoms with Gasteiger partial charge in [-0.05, 0) is 49.9 Å². The van der Waals surface area contributed by atoms with Gasteiger partial charge in [-0.1, -0.05) is 36.4 Å². The molecule has 4 nitrogen and oxygen atoms in total. The topological polar surface area (TPSA) is 24.9 Å². The molecule has 2 heterocycles. The molecule has 0 aliphatic carbocycles. The van der Waals surface area contributed by atoms with Crippen molar-refractivity contribution in [2.45, 2.75) is 38.3 Å². The fraction of sp³-hybridized carbons (Fsp3) is 0.500. The zero-order valence-corrected chi connectivity index (χ0v) is 17.4. The first-order valence-electron chi connectivity index (χ1n) is 10.4. The summed E-state index contributed by atoms with van der Waals surface area (Å²) in [7, 11) is 1.75. The molecule has 1 unspecified atom stereocenters. The fourth-order valence-corrected chi connectivity index (χ4v) is 4.67. The molecule has 150 valence electrons. The van der Waals surface area contributed by atoms with Gasteiger partial charge in [0.25, 0.3) is 0 Å². The third-order valence-electron chi connectivity index (χ3n) is 6.34. The van der Waals surface area contributed by atoms with Crippen LogP contribution in [0, 0.1) is 0 Å². The molecule has 0 bridgehead atoms. The summed E-state index contributed by atoms with van der Waals surface area (Å²) in [4.78, 5) is 5.07. The maximum absolute atomic E-state index is 6.20. The number of methoxy groups -OCH3 is 1. The van der Waals surface area contributed by atoms with Gasteiger partial charge in [0.2, 0.25) is 0 Å². The minimum atomic E-state index is 0.0992. The monoisotopic (exact) mass is 380 g/mol. The van der Waals surface area contributed by atoms with Crippen molar-refractivity contribution in [3.8, 4) is 5.75 Å².